The van der Waals surface area contributed by atoms with E-state index in [-0.39, 0.29) is 0 Å². The number of nitrogens with one attached hydrogen (secondary N) is 1. The molecule has 0 spiro atoms. The third kappa shape index (κ3) is 3.19. The van der Waals surface area contributed by atoms with E-state index in [9.17, 15) is 0 Å². The summed E-state index contributed by atoms with van der Waals surface area (Å²) >= 11 is 19.3. The van der Waals surface area contributed by atoms with Crippen LogP contribution in [0.5, 0.6) is 5.75 Å². The van der Waals surface area contributed by atoms with Gasteiger partial charge in [0.1, 0.15) is 5.75 Å². The van der Waals surface area contributed by atoms with Gasteiger partial charge in [-0.3, -0.25) is 0 Å². The number of benzene rings is 2. The monoisotopic (exact) mass is 449 g/mol. The van der Waals surface area contributed by atoms with Crippen LogP contribution in [-0.2, 0) is 13.0 Å². The molecule has 1 N–H and O–H groups in total. The second-order valence-corrected chi connectivity index (χ2v) is 7.25. The van der Waals surface area contributed by atoms with Gasteiger partial charge in [0.15, 0.2) is 0 Å². The fourth-order valence-corrected chi connectivity index (χ4v) is 3.72. The lowest BCUT2D eigenvalue weighted by Crippen LogP contribution is -2.02. The highest BCUT2D eigenvalue weighted by Crippen LogP contribution is 2.37. The molecule has 0 saturated heterocycles. The average Bonchev–Trinajstić information content (AvgIpc) is 2.92. The van der Waals surface area contributed by atoms with Crippen LogP contribution in [0.15, 0.2) is 33.2 Å². The van der Waals surface area contributed by atoms with E-state index in [1.54, 1.807) is 0 Å². The van der Waals surface area contributed by atoms with Crippen molar-refractivity contribution in [2.24, 2.45) is 0 Å². The first-order valence-corrected chi connectivity index (χ1v) is 8.72. The Hall–Kier alpha value is -0.420. The summed E-state index contributed by atoms with van der Waals surface area (Å²) in [5.41, 5.74) is 3.14. The van der Waals surface area contributed by atoms with Crippen molar-refractivity contribution in [3.05, 3.63) is 54.4 Å². The molecule has 110 valence electrons. The molecule has 1 aliphatic rings. The van der Waals surface area contributed by atoms with Gasteiger partial charge in [0, 0.05) is 27.5 Å². The molecule has 3 rings (SSSR count). The molecule has 1 heterocycles. The summed E-state index contributed by atoms with van der Waals surface area (Å²) in [6, 6.07) is 7.94. The largest absolute Gasteiger partial charge is 0.493 e. The Kier molecular flexibility index (Phi) is 4.69. The first kappa shape index (κ1) is 15.5. The van der Waals surface area contributed by atoms with E-state index in [0.29, 0.717) is 16.6 Å². The molecule has 0 amide bonds. The quantitative estimate of drug-likeness (QED) is 0.572. The van der Waals surface area contributed by atoms with Crippen LogP contribution < -0.4 is 10.1 Å². The Morgan fingerprint density at radius 1 is 1.14 bits per heavy atom. The van der Waals surface area contributed by atoms with E-state index >= 15 is 0 Å². The molecule has 0 saturated carbocycles. The molecule has 0 bridgehead atoms. The molecule has 0 atom stereocenters. The number of hydrogen-bond acceptors (Lipinski definition) is 2. The van der Waals surface area contributed by atoms with Gasteiger partial charge in [-0.1, -0.05) is 39.1 Å². The molecular formula is C15H11Br2Cl2NO. The highest BCUT2D eigenvalue weighted by Gasteiger charge is 2.17. The molecule has 0 fully saturated rings. The van der Waals surface area contributed by atoms with Crippen molar-refractivity contribution in [2.45, 2.75) is 13.0 Å². The van der Waals surface area contributed by atoms with Crippen LogP contribution in [0, 0.1) is 0 Å². The van der Waals surface area contributed by atoms with Crippen LogP contribution >= 0.6 is 55.1 Å². The number of anilines is 1. The fourth-order valence-electron chi connectivity index (χ4n) is 2.33. The van der Waals surface area contributed by atoms with E-state index in [4.69, 9.17) is 27.9 Å². The van der Waals surface area contributed by atoms with Crippen molar-refractivity contribution >= 4 is 60.7 Å². The maximum absolute atomic E-state index is 6.25. The Morgan fingerprint density at radius 3 is 2.76 bits per heavy atom. The van der Waals surface area contributed by atoms with Gasteiger partial charge < -0.3 is 10.1 Å². The third-order valence-electron chi connectivity index (χ3n) is 3.33. The Bertz CT molecular complexity index is 707. The molecule has 6 heteroatoms. The zero-order chi connectivity index (χ0) is 15.0. The summed E-state index contributed by atoms with van der Waals surface area (Å²) in [6.45, 7) is 1.36. The maximum atomic E-state index is 6.25. The first-order chi connectivity index (χ1) is 10.1. The minimum absolute atomic E-state index is 0.511. The molecule has 0 aromatic heterocycles. The lowest BCUT2D eigenvalue weighted by molar-refractivity contribution is 0.354. The SMILES string of the molecule is Clc1c(Br)ccc(NCc2cc(Br)cc3c2OCC3)c1Cl. The average molecular weight is 452 g/mol. The van der Waals surface area contributed by atoms with Gasteiger partial charge in [-0.05, 0) is 45.8 Å². The Balaban J connectivity index is 1.85. The number of halogens is 4. The predicted molar refractivity (Wildman–Crippen MR) is 94.8 cm³/mol. The fraction of sp³-hybridized carbons (Fsp3) is 0.200. The Labute approximate surface area is 150 Å². The minimum atomic E-state index is 0.511. The van der Waals surface area contributed by atoms with E-state index in [0.717, 1.165) is 39.0 Å². The second kappa shape index (κ2) is 6.37. The van der Waals surface area contributed by atoms with Crippen LogP contribution in [-0.4, -0.2) is 6.61 Å². The van der Waals surface area contributed by atoms with Crippen LogP contribution in [0.3, 0.4) is 0 Å². The van der Waals surface area contributed by atoms with Crippen LogP contribution in [0.25, 0.3) is 0 Å². The highest BCUT2D eigenvalue weighted by atomic mass is 79.9. The summed E-state index contributed by atoms with van der Waals surface area (Å²) < 4.78 is 7.56. The lowest BCUT2D eigenvalue weighted by atomic mass is 10.1. The van der Waals surface area contributed by atoms with Crippen molar-refractivity contribution in [1.82, 2.24) is 0 Å². The lowest BCUT2D eigenvalue weighted by Gasteiger charge is -2.13. The third-order valence-corrected chi connectivity index (χ3v) is 5.56. The van der Waals surface area contributed by atoms with Gasteiger partial charge in [-0.15, -0.1) is 0 Å². The maximum Gasteiger partial charge on any atom is 0.127 e. The first-order valence-electron chi connectivity index (χ1n) is 6.37. The zero-order valence-corrected chi connectivity index (χ0v) is 15.5. The second-order valence-electron chi connectivity index (χ2n) is 4.73. The summed E-state index contributed by atoms with van der Waals surface area (Å²) in [6.07, 6.45) is 0.951. The molecule has 0 unspecified atom stereocenters. The van der Waals surface area contributed by atoms with Gasteiger partial charge in [0.25, 0.3) is 0 Å². The molecule has 0 aliphatic carbocycles. The van der Waals surface area contributed by atoms with Gasteiger partial charge in [0.2, 0.25) is 0 Å². The van der Waals surface area contributed by atoms with E-state index in [1.165, 1.54) is 5.56 Å². The smallest absolute Gasteiger partial charge is 0.127 e. The van der Waals surface area contributed by atoms with Gasteiger partial charge in [-0.2, -0.15) is 0 Å². The van der Waals surface area contributed by atoms with Crippen LogP contribution in [0.2, 0.25) is 10.0 Å². The normalized spacial score (nSPS) is 13.0. The predicted octanol–water partition coefficient (Wildman–Crippen LogP) is 6.07. The Morgan fingerprint density at radius 2 is 1.95 bits per heavy atom. The van der Waals surface area contributed by atoms with Crippen molar-refractivity contribution in [2.75, 3.05) is 11.9 Å². The van der Waals surface area contributed by atoms with E-state index in [1.807, 2.05) is 12.1 Å². The van der Waals surface area contributed by atoms with Crippen LogP contribution in [0.4, 0.5) is 5.69 Å². The molecule has 1 aliphatic heterocycles. The zero-order valence-electron chi connectivity index (χ0n) is 10.9. The topological polar surface area (TPSA) is 21.3 Å². The summed E-state index contributed by atoms with van der Waals surface area (Å²) in [5, 5.41) is 4.34. The summed E-state index contributed by atoms with van der Waals surface area (Å²) in [4.78, 5) is 0. The van der Waals surface area contributed by atoms with E-state index < -0.39 is 0 Å². The molecule has 2 nitrogen and oxygen atoms in total. The van der Waals surface area contributed by atoms with Crippen molar-refractivity contribution in [1.29, 1.82) is 0 Å². The standard InChI is InChI=1S/C15H11Br2Cl2NO/c16-10-5-8-3-4-21-15(8)9(6-10)7-20-12-2-1-11(17)13(18)14(12)19/h1-2,5-6,20H,3-4,7H2. The molecule has 0 radical (unpaired) electrons. The van der Waals surface area contributed by atoms with Crippen molar-refractivity contribution in [3.8, 4) is 5.75 Å². The molecular weight excluding hydrogens is 441 g/mol. The summed E-state index contributed by atoms with van der Waals surface area (Å²) in [5.74, 6) is 0.977. The van der Waals surface area contributed by atoms with Crippen molar-refractivity contribution in [3.63, 3.8) is 0 Å². The van der Waals surface area contributed by atoms with E-state index in [2.05, 4.69) is 49.3 Å². The highest BCUT2D eigenvalue weighted by molar-refractivity contribution is 9.10. The molecule has 2 aromatic carbocycles. The number of hydrogen-bond donors (Lipinski definition) is 1. The summed E-state index contributed by atoms with van der Waals surface area (Å²) in [7, 11) is 0. The number of rotatable bonds is 3. The molecule has 21 heavy (non-hydrogen) atoms. The number of fused-ring (bicyclic) bond motifs is 1. The minimum Gasteiger partial charge on any atom is -0.493 e. The number of ether oxygens (including phenoxy) is 1. The van der Waals surface area contributed by atoms with Gasteiger partial charge in [0.05, 0.1) is 22.3 Å². The van der Waals surface area contributed by atoms with Crippen LogP contribution in [0.1, 0.15) is 11.1 Å². The molecule has 2 aromatic rings. The van der Waals surface area contributed by atoms with Crippen molar-refractivity contribution < 1.29 is 4.74 Å². The van der Waals surface area contributed by atoms with Gasteiger partial charge in [-0.25, -0.2) is 0 Å². The van der Waals surface area contributed by atoms with Gasteiger partial charge >= 0.3 is 0 Å².